The van der Waals surface area contributed by atoms with Crippen LogP contribution in [-0.2, 0) is 65.4 Å². The predicted octanol–water partition coefficient (Wildman–Crippen LogP) is 16.2. The first-order valence-electron chi connectivity index (χ1n) is 31.7. The molecule has 468 valence electrons. The van der Waals surface area contributed by atoms with Crippen molar-refractivity contribution in [3.05, 3.63) is 0 Å². The zero-order valence-electron chi connectivity index (χ0n) is 50.5. The molecule has 0 aromatic carbocycles. The Morgan fingerprint density at radius 1 is 0.354 bits per heavy atom. The fourth-order valence-corrected chi connectivity index (χ4v) is 10.4. The third-order valence-corrected chi connectivity index (χ3v) is 16.0. The van der Waals surface area contributed by atoms with Gasteiger partial charge in [0.25, 0.3) is 0 Å². The monoisotopic (exact) mass is 1170 g/mol. The Morgan fingerprint density at radius 2 is 0.608 bits per heavy atom. The molecule has 0 spiro atoms. The van der Waals surface area contributed by atoms with Crippen molar-refractivity contribution >= 4 is 39.5 Å². The van der Waals surface area contributed by atoms with Crippen LogP contribution in [-0.4, -0.2) is 96.7 Å². The number of aliphatic hydroxyl groups is 1. The predicted molar refractivity (Wildman–Crippen MR) is 312 cm³/mol. The highest BCUT2D eigenvalue weighted by molar-refractivity contribution is 7.47. The van der Waals surface area contributed by atoms with Crippen molar-refractivity contribution in [1.29, 1.82) is 0 Å². The molecule has 17 nitrogen and oxygen atoms in total. The summed E-state index contributed by atoms with van der Waals surface area (Å²) in [6.45, 7) is 7.10. The highest BCUT2D eigenvalue weighted by Crippen LogP contribution is 2.45. The smallest absolute Gasteiger partial charge is 0.462 e. The van der Waals surface area contributed by atoms with E-state index in [-0.39, 0.29) is 25.7 Å². The van der Waals surface area contributed by atoms with Gasteiger partial charge in [-0.2, -0.15) is 0 Å². The van der Waals surface area contributed by atoms with Crippen molar-refractivity contribution in [3.63, 3.8) is 0 Å². The molecule has 6 atom stereocenters. The van der Waals surface area contributed by atoms with Crippen LogP contribution in [0.15, 0.2) is 0 Å². The van der Waals surface area contributed by atoms with Crippen molar-refractivity contribution in [1.82, 2.24) is 0 Å². The van der Waals surface area contributed by atoms with Crippen molar-refractivity contribution in [3.8, 4) is 0 Å². The van der Waals surface area contributed by atoms with Crippen molar-refractivity contribution in [2.75, 3.05) is 39.6 Å². The van der Waals surface area contributed by atoms with Gasteiger partial charge < -0.3 is 33.8 Å². The van der Waals surface area contributed by atoms with Gasteiger partial charge in [0.05, 0.1) is 26.4 Å². The summed E-state index contributed by atoms with van der Waals surface area (Å²) in [7, 11) is -9.87. The average molecular weight is 1170 g/mol. The number of esters is 4. The van der Waals surface area contributed by atoms with Crippen LogP contribution in [0.1, 0.15) is 298 Å². The summed E-state index contributed by atoms with van der Waals surface area (Å²) < 4.78 is 67.7. The Labute approximate surface area is 479 Å². The van der Waals surface area contributed by atoms with E-state index in [9.17, 15) is 43.2 Å². The summed E-state index contributed by atoms with van der Waals surface area (Å²) in [5.41, 5.74) is 0. The van der Waals surface area contributed by atoms with E-state index in [0.29, 0.717) is 25.7 Å². The van der Waals surface area contributed by atoms with Gasteiger partial charge in [-0.05, 0) is 31.6 Å². The van der Waals surface area contributed by atoms with Gasteiger partial charge in [0.1, 0.15) is 19.3 Å². The first-order chi connectivity index (χ1) is 38.1. The maximum atomic E-state index is 12.9. The zero-order chi connectivity index (χ0) is 58.5. The van der Waals surface area contributed by atoms with Crippen molar-refractivity contribution < 1.29 is 80.2 Å². The SMILES string of the molecule is CCCCCCCCCCCCCC(=O)OC[C@H](COP(=O)(O)OC[C@@H](O)COP(=O)(O)OC[C@@H](COC(=O)CCCCCCCCCC)OC(=O)CCCCCCCCCC)OC(=O)CCCCCCCCCCC(C)CC. The van der Waals surface area contributed by atoms with Crippen molar-refractivity contribution in [2.45, 2.75) is 316 Å². The van der Waals surface area contributed by atoms with E-state index in [1.165, 1.54) is 109 Å². The first kappa shape index (κ1) is 77.1. The van der Waals surface area contributed by atoms with Gasteiger partial charge in [-0.15, -0.1) is 0 Å². The van der Waals surface area contributed by atoms with E-state index in [0.717, 1.165) is 109 Å². The molecule has 0 aromatic rings. The molecule has 0 bridgehead atoms. The van der Waals surface area contributed by atoms with Crippen LogP contribution in [0.4, 0.5) is 0 Å². The van der Waals surface area contributed by atoms with Crippen LogP contribution in [0.3, 0.4) is 0 Å². The minimum atomic E-state index is -4.94. The summed E-state index contributed by atoms with van der Waals surface area (Å²) in [6, 6.07) is 0. The van der Waals surface area contributed by atoms with Crippen LogP contribution < -0.4 is 0 Å². The Kier molecular flexibility index (Phi) is 52.7. The molecule has 3 unspecified atom stereocenters. The van der Waals surface area contributed by atoms with E-state index >= 15 is 0 Å². The molecular weight excluding hydrogens is 1050 g/mol. The normalized spacial score (nSPS) is 14.7. The second-order valence-electron chi connectivity index (χ2n) is 22.0. The summed E-state index contributed by atoms with van der Waals surface area (Å²) >= 11 is 0. The summed E-state index contributed by atoms with van der Waals surface area (Å²) in [5, 5.41) is 10.5. The lowest BCUT2D eigenvalue weighted by Crippen LogP contribution is -2.30. The number of hydrogen-bond acceptors (Lipinski definition) is 15. The van der Waals surface area contributed by atoms with Crippen LogP contribution in [0.2, 0.25) is 0 Å². The van der Waals surface area contributed by atoms with E-state index in [1.807, 2.05) is 0 Å². The Hall–Kier alpha value is -1.94. The standard InChI is InChI=1S/C60H116O17P2/c1-6-10-13-16-19-22-23-24-30-34-39-44-58(63)71-50-56(77-60(65)46-41-36-31-26-25-27-32-37-42-53(5)9-4)52-75-79(68,69)73-48-54(61)47-72-78(66,67)74-51-55(76-59(64)45-40-35-29-21-18-15-12-8-3)49-70-57(62)43-38-33-28-20-17-14-11-7-2/h53-56,61H,6-52H2,1-5H3,(H,66,67)(H,68,69)/t53?,54-,55+,56+/m0/s1. The van der Waals surface area contributed by atoms with Crippen molar-refractivity contribution in [2.24, 2.45) is 5.92 Å². The molecule has 19 heteroatoms. The molecule has 3 N–H and O–H groups in total. The van der Waals surface area contributed by atoms with Gasteiger partial charge in [-0.3, -0.25) is 37.3 Å². The lowest BCUT2D eigenvalue weighted by Gasteiger charge is -2.21. The number of carbonyl (C=O) groups excluding carboxylic acids is 4. The minimum absolute atomic E-state index is 0.105. The molecule has 79 heavy (non-hydrogen) atoms. The Morgan fingerprint density at radius 3 is 0.899 bits per heavy atom. The minimum Gasteiger partial charge on any atom is -0.462 e. The molecule has 0 saturated heterocycles. The van der Waals surface area contributed by atoms with Crippen LogP contribution in [0, 0.1) is 5.92 Å². The number of ether oxygens (including phenoxy) is 4. The molecule has 0 aliphatic heterocycles. The molecule has 0 aliphatic rings. The average Bonchev–Trinajstić information content (AvgIpc) is 3.42. The summed E-state index contributed by atoms with van der Waals surface area (Å²) in [5.74, 6) is -1.37. The van der Waals surface area contributed by atoms with Gasteiger partial charge in [-0.1, -0.05) is 247 Å². The summed E-state index contributed by atoms with van der Waals surface area (Å²) in [4.78, 5) is 71.9. The second-order valence-corrected chi connectivity index (χ2v) is 24.9. The van der Waals surface area contributed by atoms with Gasteiger partial charge in [0.2, 0.25) is 0 Å². The molecule has 0 radical (unpaired) electrons. The van der Waals surface area contributed by atoms with E-state index < -0.39 is 97.5 Å². The molecule has 0 heterocycles. The third kappa shape index (κ3) is 53.8. The van der Waals surface area contributed by atoms with Crippen LogP contribution >= 0.6 is 15.6 Å². The van der Waals surface area contributed by atoms with Crippen LogP contribution in [0.25, 0.3) is 0 Å². The van der Waals surface area contributed by atoms with Gasteiger partial charge in [0.15, 0.2) is 12.2 Å². The first-order valence-corrected chi connectivity index (χ1v) is 34.7. The maximum absolute atomic E-state index is 12.9. The zero-order valence-corrected chi connectivity index (χ0v) is 52.3. The van der Waals surface area contributed by atoms with Gasteiger partial charge in [0, 0.05) is 25.7 Å². The number of phosphoric acid groups is 2. The third-order valence-electron chi connectivity index (χ3n) is 14.1. The molecule has 0 amide bonds. The number of unbranched alkanes of at least 4 members (excludes halogenated alkanes) is 31. The highest BCUT2D eigenvalue weighted by atomic mass is 31.2. The lowest BCUT2D eigenvalue weighted by molar-refractivity contribution is -0.161. The largest absolute Gasteiger partial charge is 0.472 e. The highest BCUT2D eigenvalue weighted by Gasteiger charge is 2.30. The topological polar surface area (TPSA) is 237 Å². The van der Waals surface area contributed by atoms with E-state index in [1.54, 1.807) is 0 Å². The summed E-state index contributed by atoms with van der Waals surface area (Å²) in [6.07, 6.45) is 36.2. The van der Waals surface area contributed by atoms with E-state index in [2.05, 4.69) is 34.6 Å². The van der Waals surface area contributed by atoms with Gasteiger partial charge in [-0.25, -0.2) is 9.13 Å². The molecular formula is C60H116O17P2. The second kappa shape index (κ2) is 54.0. The lowest BCUT2D eigenvalue weighted by atomic mass is 9.99. The number of hydrogen-bond donors (Lipinski definition) is 3. The van der Waals surface area contributed by atoms with Crippen LogP contribution in [0.5, 0.6) is 0 Å². The number of carbonyl (C=O) groups is 4. The maximum Gasteiger partial charge on any atom is 0.472 e. The molecule has 0 saturated carbocycles. The number of aliphatic hydroxyl groups excluding tert-OH is 1. The number of phosphoric ester groups is 2. The molecule has 0 rings (SSSR count). The fourth-order valence-electron chi connectivity index (χ4n) is 8.84. The molecule has 0 fully saturated rings. The Balaban J connectivity index is 5.22. The van der Waals surface area contributed by atoms with Gasteiger partial charge >= 0.3 is 39.5 Å². The molecule has 0 aliphatic carbocycles. The Bertz CT molecular complexity index is 1550. The number of rotatable bonds is 60. The molecule has 0 aromatic heterocycles. The van der Waals surface area contributed by atoms with E-state index in [4.69, 9.17) is 37.0 Å². The quantitative estimate of drug-likeness (QED) is 0.0222. The fraction of sp³-hybridized carbons (Fsp3) is 0.933.